The maximum absolute atomic E-state index is 8.90. The van der Waals surface area contributed by atoms with Crippen LogP contribution in [0, 0.1) is 18.8 Å². The molecule has 76 valence electrons. The highest BCUT2D eigenvalue weighted by Gasteiger charge is 2.35. The van der Waals surface area contributed by atoms with Crippen molar-refractivity contribution in [1.29, 1.82) is 0 Å². The Hall–Kier alpha value is -1.02. The van der Waals surface area contributed by atoms with Crippen molar-refractivity contribution < 1.29 is 5.11 Å². The van der Waals surface area contributed by atoms with E-state index in [9.17, 15) is 0 Å². The molecule has 0 radical (unpaired) electrons. The second-order valence-electron chi connectivity index (χ2n) is 4.13. The van der Waals surface area contributed by atoms with Crippen molar-refractivity contribution in [3.8, 4) is 0 Å². The number of aliphatic hydroxyl groups excluding tert-OH is 1. The molecule has 2 atom stereocenters. The van der Waals surface area contributed by atoms with Gasteiger partial charge in [-0.15, -0.1) is 0 Å². The van der Waals surface area contributed by atoms with E-state index < -0.39 is 0 Å². The van der Waals surface area contributed by atoms with E-state index >= 15 is 0 Å². The van der Waals surface area contributed by atoms with Crippen LogP contribution >= 0.6 is 0 Å². The van der Waals surface area contributed by atoms with Gasteiger partial charge in [0.25, 0.3) is 0 Å². The van der Waals surface area contributed by atoms with Crippen LogP contribution in [0.1, 0.15) is 12.0 Å². The quantitative estimate of drug-likeness (QED) is 0.763. The minimum Gasteiger partial charge on any atom is -0.396 e. The standard InChI is InChI=1S/C12H17NO/c1-9-4-2-3-5-12(9)13-7-10-6-11(10)8-14/h2-5,10-11,13-14H,6-8H2,1H3/t10-,11+/m1/s1. The van der Waals surface area contributed by atoms with Gasteiger partial charge in [-0.3, -0.25) is 0 Å². The molecular formula is C12H17NO. The van der Waals surface area contributed by atoms with Crippen molar-refractivity contribution in [2.75, 3.05) is 18.5 Å². The second-order valence-corrected chi connectivity index (χ2v) is 4.13. The van der Waals surface area contributed by atoms with Gasteiger partial charge < -0.3 is 10.4 Å². The average Bonchev–Trinajstić information content (AvgIpc) is 2.95. The zero-order valence-electron chi connectivity index (χ0n) is 8.53. The number of aliphatic hydroxyl groups is 1. The maximum atomic E-state index is 8.90. The predicted octanol–water partition coefficient (Wildman–Crippen LogP) is 2.04. The monoisotopic (exact) mass is 191 g/mol. The highest BCUT2D eigenvalue weighted by atomic mass is 16.3. The minimum atomic E-state index is 0.347. The third kappa shape index (κ3) is 2.07. The summed E-state index contributed by atoms with van der Waals surface area (Å²) < 4.78 is 0. The van der Waals surface area contributed by atoms with Gasteiger partial charge in [-0.05, 0) is 36.8 Å². The molecule has 2 N–H and O–H groups in total. The summed E-state index contributed by atoms with van der Waals surface area (Å²) >= 11 is 0. The summed E-state index contributed by atoms with van der Waals surface area (Å²) in [6, 6.07) is 8.31. The van der Waals surface area contributed by atoms with Crippen LogP contribution in [0.25, 0.3) is 0 Å². The summed E-state index contributed by atoms with van der Waals surface area (Å²) in [5.74, 6) is 1.23. The molecule has 14 heavy (non-hydrogen) atoms. The number of para-hydroxylation sites is 1. The van der Waals surface area contributed by atoms with Gasteiger partial charge in [0.15, 0.2) is 0 Å². The lowest BCUT2D eigenvalue weighted by Gasteiger charge is -2.08. The number of hydrogen-bond acceptors (Lipinski definition) is 2. The summed E-state index contributed by atoms with van der Waals surface area (Å²) in [5, 5.41) is 12.3. The van der Waals surface area contributed by atoms with E-state index in [0.717, 1.165) is 6.54 Å². The van der Waals surface area contributed by atoms with E-state index in [1.165, 1.54) is 17.7 Å². The molecule has 1 aromatic carbocycles. The largest absolute Gasteiger partial charge is 0.396 e. The Morgan fingerprint density at radius 3 is 2.79 bits per heavy atom. The summed E-state index contributed by atoms with van der Waals surface area (Å²) in [5.41, 5.74) is 2.50. The summed E-state index contributed by atoms with van der Waals surface area (Å²) in [6.45, 7) is 3.45. The first-order chi connectivity index (χ1) is 6.81. The molecule has 0 unspecified atom stereocenters. The normalized spacial score (nSPS) is 24.7. The van der Waals surface area contributed by atoms with Crippen LogP contribution in [0.2, 0.25) is 0 Å². The molecule has 2 heteroatoms. The van der Waals surface area contributed by atoms with Crippen molar-refractivity contribution in [2.45, 2.75) is 13.3 Å². The van der Waals surface area contributed by atoms with E-state index in [2.05, 4.69) is 24.4 Å². The Labute approximate surface area is 85.0 Å². The van der Waals surface area contributed by atoms with Crippen LogP contribution < -0.4 is 5.32 Å². The van der Waals surface area contributed by atoms with E-state index in [0.29, 0.717) is 18.4 Å². The van der Waals surface area contributed by atoms with Crippen molar-refractivity contribution in [1.82, 2.24) is 0 Å². The topological polar surface area (TPSA) is 32.3 Å². The van der Waals surface area contributed by atoms with E-state index in [4.69, 9.17) is 5.11 Å². The molecule has 1 aromatic rings. The molecular weight excluding hydrogens is 174 g/mol. The van der Waals surface area contributed by atoms with Gasteiger partial charge in [0.2, 0.25) is 0 Å². The van der Waals surface area contributed by atoms with Gasteiger partial charge in [-0.25, -0.2) is 0 Å². The molecule has 0 amide bonds. The highest BCUT2D eigenvalue weighted by Crippen LogP contribution is 2.37. The number of aryl methyl sites for hydroxylation is 1. The Kier molecular flexibility index (Phi) is 2.73. The summed E-state index contributed by atoms with van der Waals surface area (Å²) in [4.78, 5) is 0. The lowest BCUT2D eigenvalue weighted by atomic mass is 10.2. The highest BCUT2D eigenvalue weighted by molar-refractivity contribution is 5.50. The molecule has 1 fully saturated rings. The molecule has 0 spiro atoms. The van der Waals surface area contributed by atoms with Crippen molar-refractivity contribution in [3.63, 3.8) is 0 Å². The molecule has 1 aliphatic rings. The third-order valence-electron chi connectivity index (χ3n) is 3.00. The molecule has 0 bridgehead atoms. The number of anilines is 1. The molecule has 1 saturated carbocycles. The van der Waals surface area contributed by atoms with Crippen LogP contribution in [0.3, 0.4) is 0 Å². The third-order valence-corrected chi connectivity index (χ3v) is 3.00. The number of benzene rings is 1. The van der Waals surface area contributed by atoms with Gasteiger partial charge in [0.05, 0.1) is 0 Å². The number of nitrogens with one attached hydrogen (secondary N) is 1. The molecule has 0 saturated heterocycles. The SMILES string of the molecule is Cc1ccccc1NC[C@H]1C[C@H]1CO. The Morgan fingerprint density at radius 1 is 1.36 bits per heavy atom. The van der Waals surface area contributed by atoms with Gasteiger partial charge >= 0.3 is 0 Å². The molecule has 0 heterocycles. The second kappa shape index (κ2) is 4.01. The first-order valence-corrected chi connectivity index (χ1v) is 5.21. The first kappa shape index (κ1) is 9.53. The summed E-state index contributed by atoms with van der Waals surface area (Å²) in [6.07, 6.45) is 1.18. The van der Waals surface area contributed by atoms with Crippen molar-refractivity contribution in [3.05, 3.63) is 29.8 Å². The number of hydrogen-bond donors (Lipinski definition) is 2. The van der Waals surface area contributed by atoms with Crippen LogP contribution in [-0.4, -0.2) is 18.3 Å². The Bertz CT molecular complexity index is 311. The molecule has 0 aromatic heterocycles. The van der Waals surface area contributed by atoms with Crippen LogP contribution in [-0.2, 0) is 0 Å². The average molecular weight is 191 g/mol. The van der Waals surface area contributed by atoms with E-state index in [1.807, 2.05) is 12.1 Å². The van der Waals surface area contributed by atoms with Crippen LogP contribution in [0.15, 0.2) is 24.3 Å². The molecule has 1 aliphatic carbocycles. The lowest BCUT2D eigenvalue weighted by molar-refractivity contribution is 0.270. The van der Waals surface area contributed by atoms with Gasteiger partial charge in [-0.1, -0.05) is 18.2 Å². The minimum absolute atomic E-state index is 0.347. The Morgan fingerprint density at radius 2 is 2.14 bits per heavy atom. The van der Waals surface area contributed by atoms with Crippen LogP contribution in [0.4, 0.5) is 5.69 Å². The predicted molar refractivity (Wildman–Crippen MR) is 58.4 cm³/mol. The fourth-order valence-electron chi connectivity index (χ4n) is 1.80. The fraction of sp³-hybridized carbons (Fsp3) is 0.500. The van der Waals surface area contributed by atoms with Crippen molar-refractivity contribution in [2.24, 2.45) is 11.8 Å². The first-order valence-electron chi connectivity index (χ1n) is 5.21. The zero-order valence-corrected chi connectivity index (χ0v) is 8.53. The number of rotatable bonds is 4. The van der Waals surface area contributed by atoms with Crippen LogP contribution in [0.5, 0.6) is 0 Å². The van der Waals surface area contributed by atoms with Gasteiger partial charge in [0.1, 0.15) is 0 Å². The lowest BCUT2D eigenvalue weighted by Crippen LogP contribution is -2.06. The van der Waals surface area contributed by atoms with Gasteiger partial charge in [-0.2, -0.15) is 0 Å². The molecule has 2 nitrogen and oxygen atoms in total. The van der Waals surface area contributed by atoms with Crippen molar-refractivity contribution >= 4 is 5.69 Å². The van der Waals surface area contributed by atoms with E-state index in [1.54, 1.807) is 0 Å². The zero-order chi connectivity index (χ0) is 9.97. The Balaban J connectivity index is 1.84. The van der Waals surface area contributed by atoms with E-state index in [-0.39, 0.29) is 0 Å². The molecule has 2 rings (SSSR count). The summed E-state index contributed by atoms with van der Waals surface area (Å²) in [7, 11) is 0. The fourth-order valence-corrected chi connectivity index (χ4v) is 1.80. The maximum Gasteiger partial charge on any atom is 0.0462 e. The molecule has 0 aliphatic heterocycles. The smallest absolute Gasteiger partial charge is 0.0462 e. The van der Waals surface area contributed by atoms with Gasteiger partial charge in [0, 0.05) is 18.8 Å².